The number of ether oxygens (including phenoxy) is 1. The molecule has 0 aliphatic rings. The summed E-state index contributed by atoms with van der Waals surface area (Å²) in [5.74, 6) is -0.348. The summed E-state index contributed by atoms with van der Waals surface area (Å²) in [4.78, 5) is 11.4. The molecule has 78 valence electrons. The Morgan fingerprint density at radius 1 is 1.64 bits per heavy atom. The SMILES string of the molecule is CCOC(=O)Cn1nc(CC)sc1=N. The van der Waals surface area contributed by atoms with E-state index in [0.717, 1.165) is 11.4 Å². The standard InChI is InChI=1S/C8H13N3O2S/c1-3-6-10-11(8(9)14-6)5-7(12)13-4-2/h9H,3-5H2,1-2H3. The van der Waals surface area contributed by atoms with E-state index in [1.165, 1.54) is 16.0 Å². The second-order valence-electron chi connectivity index (χ2n) is 2.62. The van der Waals surface area contributed by atoms with Gasteiger partial charge in [-0.15, -0.1) is 0 Å². The van der Waals surface area contributed by atoms with Crippen molar-refractivity contribution in [3.8, 4) is 0 Å². The topological polar surface area (TPSA) is 68.0 Å². The highest BCUT2D eigenvalue weighted by molar-refractivity contribution is 7.08. The van der Waals surface area contributed by atoms with Crippen LogP contribution in [-0.2, 0) is 22.5 Å². The molecule has 6 heteroatoms. The van der Waals surface area contributed by atoms with Crippen LogP contribution in [0.2, 0.25) is 0 Å². The number of aryl methyl sites for hydroxylation is 1. The van der Waals surface area contributed by atoms with Gasteiger partial charge in [0.2, 0.25) is 4.80 Å². The lowest BCUT2D eigenvalue weighted by Crippen LogP contribution is -2.22. The van der Waals surface area contributed by atoms with Gasteiger partial charge in [0.15, 0.2) is 0 Å². The largest absolute Gasteiger partial charge is 0.465 e. The molecule has 0 atom stereocenters. The van der Waals surface area contributed by atoms with Crippen molar-refractivity contribution < 1.29 is 9.53 Å². The van der Waals surface area contributed by atoms with E-state index in [9.17, 15) is 4.79 Å². The van der Waals surface area contributed by atoms with Gasteiger partial charge in [0.25, 0.3) is 0 Å². The van der Waals surface area contributed by atoms with Crippen LogP contribution in [0.25, 0.3) is 0 Å². The average molecular weight is 215 g/mol. The van der Waals surface area contributed by atoms with Crippen molar-refractivity contribution >= 4 is 17.3 Å². The van der Waals surface area contributed by atoms with Crippen molar-refractivity contribution in [2.45, 2.75) is 26.8 Å². The Balaban J connectivity index is 2.71. The molecule has 14 heavy (non-hydrogen) atoms. The molecule has 0 aromatic carbocycles. The van der Waals surface area contributed by atoms with Gasteiger partial charge in [-0.25, -0.2) is 4.68 Å². The maximum absolute atomic E-state index is 11.1. The molecule has 0 unspecified atom stereocenters. The lowest BCUT2D eigenvalue weighted by Gasteiger charge is -2.00. The Kier molecular flexibility index (Phi) is 3.82. The van der Waals surface area contributed by atoms with Crippen molar-refractivity contribution in [2.75, 3.05) is 6.61 Å². The van der Waals surface area contributed by atoms with Gasteiger partial charge in [0, 0.05) is 0 Å². The zero-order chi connectivity index (χ0) is 10.6. The summed E-state index contributed by atoms with van der Waals surface area (Å²) in [6, 6.07) is 0. The molecule has 0 amide bonds. The number of hydrogen-bond acceptors (Lipinski definition) is 5. The Bertz CT molecular complexity index is 369. The number of nitrogens with zero attached hydrogens (tertiary/aromatic N) is 2. The fourth-order valence-corrected chi connectivity index (χ4v) is 1.66. The quantitative estimate of drug-likeness (QED) is 0.746. The molecule has 0 fully saturated rings. The molecule has 0 spiro atoms. The van der Waals surface area contributed by atoms with E-state index < -0.39 is 0 Å². The molecule has 1 aromatic rings. The highest BCUT2D eigenvalue weighted by Gasteiger charge is 2.07. The molecular formula is C8H13N3O2S. The molecule has 1 heterocycles. The summed E-state index contributed by atoms with van der Waals surface area (Å²) in [6.45, 7) is 4.11. The fraction of sp³-hybridized carbons (Fsp3) is 0.625. The van der Waals surface area contributed by atoms with E-state index in [1.54, 1.807) is 6.92 Å². The van der Waals surface area contributed by atoms with Crippen LogP contribution >= 0.6 is 11.3 Å². The van der Waals surface area contributed by atoms with Crippen LogP contribution in [0.3, 0.4) is 0 Å². The van der Waals surface area contributed by atoms with Gasteiger partial charge in [0.05, 0.1) is 6.61 Å². The smallest absolute Gasteiger partial charge is 0.327 e. The van der Waals surface area contributed by atoms with Crippen molar-refractivity contribution in [3.05, 3.63) is 9.81 Å². The van der Waals surface area contributed by atoms with Crippen LogP contribution in [0.4, 0.5) is 0 Å². The maximum atomic E-state index is 11.1. The fourth-order valence-electron chi connectivity index (χ4n) is 0.944. The molecule has 1 aromatic heterocycles. The average Bonchev–Trinajstić information content (AvgIpc) is 2.48. The van der Waals surface area contributed by atoms with Gasteiger partial charge in [-0.3, -0.25) is 10.2 Å². The predicted octanol–water partition coefficient (Wildman–Crippen LogP) is 0.550. The van der Waals surface area contributed by atoms with Gasteiger partial charge in [-0.1, -0.05) is 18.3 Å². The van der Waals surface area contributed by atoms with Crippen molar-refractivity contribution in [1.82, 2.24) is 9.78 Å². The number of aromatic nitrogens is 2. The number of hydrogen-bond donors (Lipinski definition) is 1. The minimum absolute atomic E-state index is 0.0309. The van der Waals surface area contributed by atoms with Gasteiger partial charge in [-0.05, 0) is 13.3 Å². The lowest BCUT2D eigenvalue weighted by molar-refractivity contribution is -0.144. The van der Waals surface area contributed by atoms with Crippen LogP contribution in [-0.4, -0.2) is 22.4 Å². The minimum atomic E-state index is -0.348. The first-order valence-corrected chi connectivity index (χ1v) is 5.26. The number of esters is 1. The Morgan fingerprint density at radius 3 is 2.86 bits per heavy atom. The van der Waals surface area contributed by atoms with E-state index in [-0.39, 0.29) is 17.3 Å². The molecule has 0 aliphatic heterocycles. The van der Waals surface area contributed by atoms with Crippen molar-refractivity contribution in [2.24, 2.45) is 0 Å². The second-order valence-corrected chi connectivity index (χ2v) is 3.68. The number of rotatable bonds is 4. The van der Waals surface area contributed by atoms with Gasteiger partial charge < -0.3 is 4.74 Å². The second kappa shape index (κ2) is 4.90. The Labute approximate surface area is 85.8 Å². The van der Waals surface area contributed by atoms with Crippen LogP contribution in [0.15, 0.2) is 0 Å². The number of carbonyl (C=O) groups is 1. The summed E-state index contributed by atoms with van der Waals surface area (Å²) in [6.07, 6.45) is 0.784. The van der Waals surface area contributed by atoms with Crippen molar-refractivity contribution in [1.29, 1.82) is 5.41 Å². The van der Waals surface area contributed by atoms with Crippen LogP contribution in [0.1, 0.15) is 18.9 Å². The molecule has 0 saturated carbocycles. The van der Waals surface area contributed by atoms with Crippen molar-refractivity contribution in [3.63, 3.8) is 0 Å². The van der Waals surface area contributed by atoms with Gasteiger partial charge in [-0.2, -0.15) is 5.10 Å². The lowest BCUT2D eigenvalue weighted by atomic mass is 10.5. The first-order chi connectivity index (χ1) is 6.67. The third kappa shape index (κ3) is 2.66. The molecule has 0 radical (unpaired) electrons. The van der Waals surface area contributed by atoms with Gasteiger partial charge >= 0.3 is 5.97 Å². The van der Waals surface area contributed by atoms with E-state index in [4.69, 9.17) is 10.1 Å². The Hall–Kier alpha value is -1.17. The van der Waals surface area contributed by atoms with Crippen LogP contribution in [0, 0.1) is 5.41 Å². The molecule has 0 bridgehead atoms. The summed E-state index contributed by atoms with van der Waals surface area (Å²) < 4.78 is 6.13. The maximum Gasteiger partial charge on any atom is 0.327 e. The van der Waals surface area contributed by atoms with E-state index >= 15 is 0 Å². The number of carbonyl (C=O) groups excluding carboxylic acids is 1. The van der Waals surface area contributed by atoms with Gasteiger partial charge in [0.1, 0.15) is 11.6 Å². The third-order valence-electron chi connectivity index (χ3n) is 1.57. The number of nitrogens with one attached hydrogen (secondary N) is 1. The van der Waals surface area contributed by atoms with Crippen LogP contribution < -0.4 is 4.80 Å². The summed E-state index contributed by atoms with van der Waals surface area (Å²) in [5, 5.41) is 12.5. The normalized spacial score (nSPS) is 10.1. The molecule has 1 rings (SSSR count). The van der Waals surface area contributed by atoms with Crippen LogP contribution in [0.5, 0.6) is 0 Å². The van der Waals surface area contributed by atoms with E-state index in [1.807, 2.05) is 6.92 Å². The highest BCUT2D eigenvalue weighted by Crippen LogP contribution is 1.98. The Morgan fingerprint density at radius 2 is 2.36 bits per heavy atom. The van der Waals surface area contributed by atoms with E-state index in [0.29, 0.717) is 6.61 Å². The highest BCUT2D eigenvalue weighted by atomic mass is 32.1. The van der Waals surface area contributed by atoms with E-state index in [2.05, 4.69) is 5.10 Å². The first kappa shape index (κ1) is 10.9. The monoisotopic (exact) mass is 215 g/mol. The molecule has 5 nitrogen and oxygen atoms in total. The minimum Gasteiger partial charge on any atom is -0.465 e. The summed E-state index contributed by atoms with van der Waals surface area (Å²) in [5.41, 5.74) is 0. The molecule has 0 saturated heterocycles. The molecule has 0 aliphatic carbocycles. The first-order valence-electron chi connectivity index (χ1n) is 4.44. The zero-order valence-electron chi connectivity index (χ0n) is 8.24. The predicted molar refractivity (Wildman–Crippen MR) is 52.0 cm³/mol. The molecular weight excluding hydrogens is 202 g/mol. The summed E-state index contributed by atoms with van der Waals surface area (Å²) in [7, 11) is 0. The third-order valence-corrected chi connectivity index (χ3v) is 2.58. The zero-order valence-corrected chi connectivity index (χ0v) is 9.06. The summed E-state index contributed by atoms with van der Waals surface area (Å²) >= 11 is 1.29. The molecule has 1 N–H and O–H groups in total.